The highest BCUT2D eigenvalue weighted by Gasteiger charge is 2.32. The SMILES string of the molecule is CCCN(C(=O)[C@@H](c1ccccc1)N(C)C)[C@@H](C)c1ncc(-c2ncc(-c3cccc(-c4cnc([C@H](C)NC(=O)[C@@H](c5ccccc5)N(C)C)[nH]4)c3)o2)[nH]1. The van der Waals surface area contributed by atoms with Gasteiger partial charge in [-0.3, -0.25) is 19.4 Å². The summed E-state index contributed by atoms with van der Waals surface area (Å²) >= 11 is 0. The number of nitrogens with one attached hydrogen (secondary N) is 3. The Morgan fingerprint density at radius 1 is 0.722 bits per heavy atom. The lowest BCUT2D eigenvalue weighted by atomic mass is 10.0. The monoisotopic (exact) mass is 727 g/mol. The number of rotatable bonds is 15. The van der Waals surface area contributed by atoms with Gasteiger partial charge in [0.25, 0.3) is 0 Å². The maximum atomic E-state index is 14.0. The van der Waals surface area contributed by atoms with E-state index in [2.05, 4.69) is 37.2 Å². The number of H-pyrrole nitrogens is 2. The number of nitrogens with zero attached hydrogens (tertiary/aromatic N) is 6. The Labute approximate surface area is 316 Å². The van der Waals surface area contributed by atoms with E-state index in [4.69, 9.17) is 4.42 Å². The summed E-state index contributed by atoms with van der Waals surface area (Å²) in [6, 6.07) is 26.0. The molecule has 280 valence electrons. The van der Waals surface area contributed by atoms with Crippen LogP contribution < -0.4 is 5.32 Å². The van der Waals surface area contributed by atoms with Crippen LogP contribution in [0.3, 0.4) is 0 Å². The van der Waals surface area contributed by atoms with E-state index in [1.165, 1.54) is 0 Å². The third-order valence-corrected chi connectivity index (χ3v) is 9.51. The van der Waals surface area contributed by atoms with Crippen LogP contribution in [0.2, 0.25) is 0 Å². The Morgan fingerprint density at radius 2 is 1.31 bits per heavy atom. The maximum absolute atomic E-state index is 14.0. The standard InChI is InChI=1S/C42H49N9O3/c1-8-22-51(42(53)37(50(6)7)30-18-13-10-14-19-30)28(3)39-44-25-34(48-39)41-45-26-35(54-41)32-21-15-20-31(23-32)33-24-43-38(47-33)27(2)46-40(52)36(49(4)5)29-16-11-9-12-17-29/h9-21,23-28,36-37H,8,22H2,1-7H3,(H,43,47)(H,44,48)(H,46,52)/t27-,28-,36+,37+/m0/s1. The Kier molecular flexibility index (Phi) is 11.8. The summed E-state index contributed by atoms with van der Waals surface area (Å²) in [7, 11) is 7.64. The lowest BCUT2D eigenvalue weighted by molar-refractivity contribution is -0.138. The molecule has 0 unspecified atom stereocenters. The second kappa shape index (κ2) is 16.9. The highest BCUT2D eigenvalue weighted by Crippen LogP contribution is 2.31. The lowest BCUT2D eigenvalue weighted by Crippen LogP contribution is -2.42. The zero-order chi connectivity index (χ0) is 38.4. The van der Waals surface area contributed by atoms with Crippen molar-refractivity contribution in [1.29, 1.82) is 0 Å². The number of hydrogen-bond acceptors (Lipinski definition) is 8. The molecule has 0 bridgehead atoms. The number of carbonyl (C=O) groups excluding carboxylic acids is 2. The van der Waals surface area contributed by atoms with Crippen LogP contribution in [0.5, 0.6) is 0 Å². The van der Waals surface area contributed by atoms with Crippen molar-refractivity contribution >= 4 is 11.8 Å². The highest BCUT2D eigenvalue weighted by molar-refractivity contribution is 5.84. The van der Waals surface area contributed by atoms with Crippen LogP contribution in [-0.4, -0.2) is 86.2 Å². The summed E-state index contributed by atoms with van der Waals surface area (Å²) in [5.41, 5.74) is 5.04. The van der Waals surface area contributed by atoms with E-state index in [9.17, 15) is 9.59 Å². The molecule has 6 aromatic rings. The number of amides is 2. The van der Waals surface area contributed by atoms with Crippen molar-refractivity contribution in [2.75, 3.05) is 34.7 Å². The van der Waals surface area contributed by atoms with Gasteiger partial charge in [-0.25, -0.2) is 15.0 Å². The molecule has 0 aliphatic rings. The summed E-state index contributed by atoms with van der Waals surface area (Å²) < 4.78 is 6.24. The number of carbonyl (C=O) groups is 2. The van der Waals surface area contributed by atoms with Gasteiger partial charge in [0, 0.05) is 17.7 Å². The van der Waals surface area contributed by atoms with Gasteiger partial charge in [-0.1, -0.05) is 85.8 Å². The molecule has 3 heterocycles. The number of likely N-dealkylation sites (N-methyl/N-ethyl adjacent to an activating group) is 2. The van der Waals surface area contributed by atoms with Crippen LogP contribution in [0.15, 0.2) is 108 Å². The number of imidazole rings is 2. The average Bonchev–Trinajstić information content (AvgIpc) is 3.96. The largest absolute Gasteiger partial charge is 0.435 e. The fourth-order valence-corrected chi connectivity index (χ4v) is 6.75. The van der Waals surface area contributed by atoms with Gasteiger partial charge < -0.3 is 24.6 Å². The fourth-order valence-electron chi connectivity index (χ4n) is 6.75. The molecule has 0 aliphatic carbocycles. The zero-order valence-electron chi connectivity index (χ0n) is 31.9. The Hall–Kier alpha value is -5.85. The first kappa shape index (κ1) is 37.9. The third-order valence-electron chi connectivity index (χ3n) is 9.51. The van der Waals surface area contributed by atoms with Gasteiger partial charge in [0.1, 0.15) is 29.4 Å². The Morgan fingerprint density at radius 3 is 1.96 bits per heavy atom. The van der Waals surface area contributed by atoms with Gasteiger partial charge in [-0.2, -0.15) is 0 Å². The van der Waals surface area contributed by atoms with Crippen molar-refractivity contribution in [3.63, 3.8) is 0 Å². The number of hydrogen-bond donors (Lipinski definition) is 3. The smallest absolute Gasteiger partial charge is 0.245 e. The lowest BCUT2D eigenvalue weighted by Gasteiger charge is -2.34. The predicted octanol–water partition coefficient (Wildman–Crippen LogP) is 7.20. The number of benzene rings is 3. The van der Waals surface area contributed by atoms with E-state index >= 15 is 0 Å². The molecule has 0 saturated carbocycles. The molecule has 3 N–H and O–H groups in total. The molecule has 2 amide bonds. The molecule has 54 heavy (non-hydrogen) atoms. The molecular formula is C42H49N9O3. The van der Waals surface area contributed by atoms with Crippen molar-refractivity contribution in [2.45, 2.75) is 51.4 Å². The first-order valence-corrected chi connectivity index (χ1v) is 18.3. The second-order valence-electron chi connectivity index (χ2n) is 14.0. The number of oxazole rings is 1. The minimum Gasteiger partial charge on any atom is -0.435 e. The molecule has 0 radical (unpaired) electrons. The van der Waals surface area contributed by atoms with Crippen LogP contribution in [-0.2, 0) is 9.59 Å². The Balaban J connectivity index is 1.15. The van der Waals surface area contributed by atoms with E-state index in [1.54, 1.807) is 18.6 Å². The number of aromatic nitrogens is 5. The molecule has 0 saturated heterocycles. The minimum atomic E-state index is -0.427. The van der Waals surface area contributed by atoms with E-state index < -0.39 is 12.1 Å². The topological polar surface area (TPSA) is 139 Å². The van der Waals surface area contributed by atoms with Crippen molar-refractivity contribution in [1.82, 2.24) is 44.9 Å². The molecule has 4 atom stereocenters. The van der Waals surface area contributed by atoms with Gasteiger partial charge >= 0.3 is 0 Å². The van der Waals surface area contributed by atoms with Gasteiger partial charge in [0.2, 0.25) is 17.7 Å². The minimum absolute atomic E-state index is 0.0152. The van der Waals surface area contributed by atoms with Crippen LogP contribution in [0.4, 0.5) is 0 Å². The molecular weight excluding hydrogens is 679 g/mol. The van der Waals surface area contributed by atoms with Crippen molar-refractivity contribution in [3.8, 4) is 34.2 Å². The predicted molar refractivity (Wildman–Crippen MR) is 210 cm³/mol. The first-order valence-electron chi connectivity index (χ1n) is 18.3. The normalized spacial score (nSPS) is 13.8. The quantitative estimate of drug-likeness (QED) is 0.101. The molecule has 3 aromatic heterocycles. The van der Waals surface area contributed by atoms with Crippen molar-refractivity contribution < 1.29 is 14.0 Å². The van der Waals surface area contributed by atoms with E-state index in [1.807, 2.05) is 142 Å². The fraction of sp³-hybridized carbons (Fsp3) is 0.310. The van der Waals surface area contributed by atoms with E-state index in [0.717, 1.165) is 34.4 Å². The van der Waals surface area contributed by atoms with Gasteiger partial charge in [-0.05, 0) is 65.7 Å². The average molecular weight is 728 g/mol. The maximum Gasteiger partial charge on any atom is 0.245 e. The molecule has 0 spiro atoms. The van der Waals surface area contributed by atoms with Crippen LogP contribution in [0, 0.1) is 0 Å². The van der Waals surface area contributed by atoms with Gasteiger partial charge in [0.05, 0.1) is 36.4 Å². The van der Waals surface area contributed by atoms with Crippen LogP contribution >= 0.6 is 0 Å². The highest BCUT2D eigenvalue weighted by atomic mass is 16.4. The van der Waals surface area contributed by atoms with Crippen molar-refractivity contribution in [2.24, 2.45) is 0 Å². The molecule has 6 rings (SSSR count). The third kappa shape index (κ3) is 8.35. The van der Waals surface area contributed by atoms with Crippen molar-refractivity contribution in [3.05, 3.63) is 126 Å². The van der Waals surface area contributed by atoms with Crippen LogP contribution in [0.1, 0.15) is 74.1 Å². The summed E-state index contributed by atoms with van der Waals surface area (Å²) in [6.45, 7) is 6.55. The van der Waals surface area contributed by atoms with E-state index in [0.29, 0.717) is 35.5 Å². The summed E-state index contributed by atoms with van der Waals surface area (Å²) in [4.78, 5) is 53.6. The van der Waals surface area contributed by atoms with Crippen LogP contribution in [0.25, 0.3) is 34.2 Å². The molecule has 12 heteroatoms. The number of aromatic amines is 2. The summed E-state index contributed by atoms with van der Waals surface area (Å²) in [5.74, 6) is 2.19. The van der Waals surface area contributed by atoms with E-state index in [-0.39, 0.29) is 23.9 Å². The zero-order valence-corrected chi connectivity index (χ0v) is 31.9. The van der Waals surface area contributed by atoms with Gasteiger partial charge in [0.15, 0.2) is 5.76 Å². The summed E-state index contributed by atoms with van der Waals surface area (Å²) in [5, 5.41) is 3.11. The molecule has 0 aliphatic heterocycles. The van der Waals surface area contributed by atoms with Gasteiger partial charge in [-0.15, -0.1) is 0 Å². The molecule has 12 nitrogen and oxygen atoms in total. The first-order chi connectivity index (χ1) is 26.0. The molecule has 0 fully saturated rings. The molecule has 3 aromatic carbocycles. The summed E-state index contributed by atoms with van der Waals surface area (Å²) in [6.07, 6.45) is 5.96. The second-order valence-corrected chi connectivity index (χ2v) is 14.0. The Bertz CT molecular complexity index is 2140.